The van der Waals surface area contributed by atoms with Gasteiger partial charge in [0.25, 0.3) is 0 Å². The topological polar surface area (TPSA) is 61.5 Å². The second-order valence-corrected chi connectivity index (χ2v) is 5.24. The van der Waals surface area contributed by atoms with Crippen molar-refractivity contribution in [3.8, 4) is 22.5 Å². The highest BCUT2D eigenvalue weighted by Gasteiger charge is 2.11. The smallest absolute Gasteiger partial charge is 0.247 e. The van der Waals surface area contributed by atoms with Gasteiger partial charge in [-0.05, 0) is 41.5 Å². The van der Waals surface area contributed by atoms with Crippen molar-refractivity contribution in [2.24, 2.45) is 0 Å². The van der Waals surface area contributed by atoms with Gasteiger partial charge in [-0.2, -0.15) is 0 Å². The molecule has 0 spiro atoms. The van der Waals surface area contributed by atoms with Crippen LogP contribution in [0.1, 0.15) is 0 Å². The summed E-state index contributed by atoms with van der Waals surface area (Å²) in [4.78, 5) is 21.2. The molecule has 0 aliphatic carbocycles. The molecule has 4 aromatic rings. The number of aromatic amines is 2. The van der Waals surface area contributed by atoms with Gasteiger partial charge in [0.1, 0.15) is 11.6 Å². The molecule has 0 aliphatic rings. The van der Waals surface area contributed by atoms with Crippen molar-refractivity contribution in [2.45, 2.75) is 0 Å². The molecule has 2 N–H and O–H groups in total. The number of nitrogens with one attached hydrogen (secondary N) is 2. The van der Waals surface area contributed by atoms with Crippen LogP contribution in [-0.2, 0) is 0 Å². The van der Waals surface area contributed by atoms with Crippen LogP contribution in [0.4, 0.5) is 4.39 Å². The fraction of sp³-hybridized carbons (Fsp3) is 0. The zero-order valence-corrected chi connectivity index (χ0v) is 12.0. The van der Waals surface area contributed by atoms with E-state index in [1.54, 1.807) is 24.4 Å². The van der Waals surface area contributed by atoms with E-state index >= 15 is 0 Å². The summed E-state index contributed by atoms with van der Waals surface area (Å²) in [6.07, 6.45) is 1.57. The SMILES string of the molecule is O=c1ccc(-c2ccc(-c3nc4ccccc4[nH]3)c(F)c2)c[nH]1. The van der Waals surface area contributed by atoms with Gasteiger partial charge in [-0.15, -0.1) is 0 Å². The van der Waals surface area contributed by atoms with Crippen LogP contribution in [0.2, 0.25) is 0 Å². The van der Waals surface area contributed by atoms with Crippen LogP contribution in [0, 0.1) is 5.82 Å². The first-order chi connectivity index (χ1) is 11.2. The third-order valence-corrected chi connectivity index (χ3v) is 3.73. The minimum absolute atomic E-state index is 0.187. The fourth-order valence-electron chi connectivity index (χ4n) is 2.56. The molecule has 0 aliphatic heterocycles. The molecule has 0 unspecified atom stereocenters. The first-order valence-electron chi connectivity index (χ1n) is 7.14. The zero-order valence-electron chi connectivity index (χ0n) is 12.0. The van der Waals surface area contributed by atoms with E-state index in [-0.39, 0.29) is 11.4 Å². The van der Waals surface area contributed by atoms with Gasteiger partial charge in [-0.3, -0.25) is 4.79 Å². The van der Waals surface area contributed by atoms with Crippen molar-refractivity contribution in [1.29, 1.82) is 0 Å². The number of H-pyrrole nitrogens is 2. The third-order valence-electron chi connectivity index (χ3n) is 3.73. The Labute approximate surface area is 130 Å². The molecule has 2 aromatic carbocycles. The van der Waals surface area contributed by atoms with Gasteiger partial charge in [-0.25, -0.2) is 9.37 Å². The molecular formula is C18H12FN3O. The lowest BCUT2D eigenvalue weighted by molar-refractivity contribution is 0.631. The molecule has 4 rings (SSSR count). The number of nitrogens with zero attached hydrogens (tertiary/aromatic N) is 1. The fourth-order valence-corrected chi connectivity index (χ4v) is 2.56. The molecule has 0 fully saturated rings. The average Bonchev–Trinajstić information content (AvgIpc) is 2.99. The minimum atomic E-state index is -0.368. The second kappa shape index (κ2) is 5.21. The molecule has 2 aromatic heterocycles. The summed E-state index contributed by atoms with van der Waals surface area (Å²) in [6.45, 7) is 0. The number of hydrogen-bond donors (Lipinski definition) is 2. The summed E-state index contributed by atoms with van der Waals surface area (Å²) in [5.74, 6) is 0.129. The molecule has 0 radical (unpaired) electrons. The monoisotopic (exact) mass is 305 g/mol. The lowest BCUT2D eigenvalue weighted by Gasteiger charge is -2.04. The number of para-hydroxylation sites is 2. The standard InChI is InChI=1S/C18H12FN3O/c19-14-9-11(12-6-8-17(23)20-10-12)5-7-13(14)18-21-15-3-1-2-4-16(15)22-18/h1-10H,(H,20,23)(H,21,22). The van der Waals surface area contributed by atoms with E-state index in [4.69, 9.17) is 0 Å². The second-order valence-electron chi connectivity index (χ2n) is 5.24. The minimum Gasteiger partial charge on any atom is -0.338 e. The molecule has 112 valence electrons. The normalized spacial score (nSPS) is 11.0. The molecule has 5 heteroatoms. The highest BCUT2D eigenvalue weighted by atomic mass is 19.1. The highest BCUT2D eigenvalue weighted by Crippen LogP contribution is 2.27. The Morgan fingerprint density at radius 3 is 2.52 bits per heavy atom. The van der Waals surface area contributed by atoms with Gasteiger partial charge in [0.05, 0.1) is 16.6 Å². The molecule has 0 saturated carbocycles. The van der Waals surface area contributed by atoms with Crippen molar-refractivity contribution in [3.63, 3.8) is 0 Å². The van der Waals surface area contributed by atoms with Crippen molar-refractivity contribution < 1.29 is 4.39 Å². The van der Waals surface area contributed by atoms with Gasteiger partial charge >= 0.3 is 0 Å². The number of pyridine rings is 1. The number of aromatic nitrogens is 3. The Morgan fingerprint density at radius 1 is 0.957 bits per heavy atom. The van der Waals surface area contributed by atoms with Gasteiger partial charge in [0.2, 0.25) is 5.56 Å². The van der Waals surface area contributed by atoms with Gasteiger partial charge < -0.3 is 9.97 Å². The molecule has 0 saturated heterocycles. The zero-order chi connectivity index (χ0) is 15.8. The van der Waals surface area contributed by atoms with Gasteiger partial charge in [0, 0.05) is 12.3 Å². The number of benzene rings is 2. The Kier molecular flexibility index (Phi) is 3.05. The van der Waals surface area contributed by atoms with Crippen molar-refractivity contribution in [1.82, 2.24) is 15.0 Å². The third kappa shape index (κ3) is 2.42. The van der Waals surface area contributed by atoms with E-state index in [0.717, 1.165) is 16.6 Å². The Bertz CT molecular complexity index is 1010. The molecule has 2 heterocycles. The van der Waals surface area contributed by atoms with Crippen LogP contribution in [0.25, 0.3) is 33.5 Å². The van der Waals surface area contributed by atoms with Crippen LogP contribution in [0.15, 0.2) is 65.6 Å². The predicted octanol–water partition coefficient (Wildman–Crippen LogP) is 3.72. The quantitative estimate of drug-likeness (QED) is 0.593. The molecule has 0 amide bonds. The maximum absolute atomic E-state index is 14.5. The molecule has 0 bridgehead atoms. The first kappa shape index (κ1) is 13.5. The number of halogens is 1. The Hall–Kier alpha value is -3.21. The van der Waals surface area contributed by atoms with E-state index in [1.165, 1.54) is 12.1 Å². The van der Waals surface area contributed by atoms with Gasteiger partial charge in [-0.1, -0.05) is 18.2 Å². The largest absolute Gasteiger partial charge is 0.338 e. The lowest BCUT2D eigenvalue weighted by atomic mass is 10.0. The Balaban J connectivity index is 1.78. The average molecular weight is 305 g/mol. The first-order valence-corrected chi connectivity index (χ1v) is 7.14. The van der Waals surface area contributed by atoms with Crippen molar-refractivity contribution >= 4 is 11.0 Å². The number of imidazole rings is 1. The number of fused-ring (bicyclic) bond motifs is 1. The maximum Gasteiger partial charge on any atom is 0.247 e. The van der Waals surface area contributed by atoms with E-state index < -0.39 is 0 Å². The van der Waals surface area contributed by atoms with Crippen LogP contribution < -0.4 is 5.56 Å². The molecule has 0 atom stereocenters. The van der Waals surface area contributed by atoms with E-state index in [0.29, 0.717) is 17.0 Å². The number of hydrogen-bond acceptors (Lipinski definition) is 2. The summed E-state index contributed by atoms with van der Waals surface area (Å²) in [7, 11) is 0. The summed E-state index contributed by atoms with van der Waals surface area (Å²) < 4.78 is 14.5. The van der Waals surface area contributed by atoms with Crippen LogP contribution in [-0.4, -0.2) is 15.0 Å². The molecule has 4 nitrogen and oxygen atoms in total. The van der Waals surface area contributed by atoms with Crippen LogP contribution in [0.3, 0.4) is 0 Å². The Morgan fingerprint density at radius 2 is 1.78 bits per heavy atom. The van der Waals surface area contributed by atoms with E-state index in [9.17, 15) is 9.18 Å². The van der Waals surface area contributed by atoms with Crippen molar-refractivity contribution in [2.75, 3.05) is 0 Å². The maximum atomic E-state index is 14.5. The number of rotatable bonds is 2. The molecular weight excluding hydrogens is 293 g/mol. The van der Waals surface area contributed by atoms with Crippen LogP contribution >= 0.6 is 0 Å². The summed E-state index contributed by atoms with van der Waals surface area (Å²) in [5.41, 5.74) is 3.33. The summed E-state index contributed by atoms with van der Waals surface area (Å²) >= 11 is 0. The lowest BCUT2D eigenvalue weighted by Crippen LogP contribution is -2.01. The predicted molar refractivity (Wildman–Crippen MR) is 87.5 cm³/mol. The summed E-state index contributed by atoms with van der Waals surface area (Å²) in [5, 5.41) is 0. The van der Waals surface area contributed by atoms with Crippen LogP contribution in [0.5, 0.6) is 0 Å². The van der Waals surface area contributed by atoms with Crippen molar-refractivity contribution in [3.05, 3.63) is 77.0 Å². The van der Waals surface area contributed by atoms with E-state index in [2.05, 4.69) is 15.0 Å². The summed E-state index contributed by atoms with van der Waals surface area (Å²) in [6, 6.07) is 15.6. The molecule has 23 heavy (non-hydrogen) atoms. The van der Waals surface area contributed by atoms with E-state index in [1.807, 2.05) is 24.3 Å². The van der Waals surface area contributed by atoms with Gasteiger partial charge in [0.15, 0.2) is 0 Å². The highest BCUT2D eigenvalue weighted by molar-refractivity contribution is 5.79.